The summed E-state index contributed by atoms with van der Waals surface area (Å²) in [6.07, 6.45) is 0. The molecule has 1 rings (SSSR count). The number of hydrogen-bond donors (Lipinski definition) is 3. The highest BCUT2D eigenvalue weighted by atomic mass is 35.5. The van der Waals surface area contributed by atoms with Crippen LogP contribution < -0.4 is 11.1 Å². The Hall–Kier alpha value is -0.680. The second-order valence-electron chi connectivity index (χ2n) is 4.61. The molecule has 3 unspecified atom stereocenters. The minimum absolute atomic E-state index is 0.0746. The Morgan fingerprint density at radius 3 is 2.56 bits per heavy atom. The summed E-state index contributed by atoms with van der Waals surface area (Å²) in [5.41, 5.74) is 6.43. The lowest BCUT2D eigenvalue weighted by Gasteiger charge is -2.26. The summed E-state index contributed by atoms with van der Waals surface area (Å²) in [5.74, 6) is -0.274. The molecule has 0 aliphatic heterocycles. The lowest BCUT2D eigenvalue weighted by atomic mass is 10.0. The number of rotatable bonds is 6. The molecule has 4 N–H and O–H groups in total. The van der Waals surface area contributed by atoms with Gasteiger partial charge >= 0.3 is 0 Å². The first-order valence-electron chi connectivity index (χ1n) is 6.01. The van der Waals surface area contributed by atoms with E-state index in [0.29, 0.717) is 11.6 Å². The van der Waals surface area contributed by atoms with Crippen molar-refractivity contribution in [1.29, 1.82) is 0 Å². The predicted molar refractivity (Wildman–Crippen MR) is 72.1 cm³/mol. The second kappa shape index (κ2) is 7.04. The molecule has 3 atom stereocenters. The summed E-state index contributed by atoms with van der Waals surface area (Å²) in [4.78, 5) is 0. The number of nitrogens with two attached hydrogens (primary N) is 1. The fourth-order valence-corrected chi connectivity index (χ4v) is 1.95. The van der Waals surface area contributed by atoms with Gasteiger partial charge in [-0.1, -0.05) is 18.5 Å². The Balaban J connectivity index is 2.82. The summed E-state index contributed by atoms with van der Waals surface area (Å²) >= 11 is 5.83. The van der Waals surface area contributed by atoms with Gasteiger partial charge in [0.1, 0.15) is 5.82 Å². The summed E-state index contributed by atoms with van der Waals surface area (Å²) in [6.45, 7) is 4.33. The number of nitrogens with one attached hydrogen (secondary N) is 1. The number of aliphatic hydroxyl groups is 1. The molecule has 0 saturated carbocycles. The van der Waals surface area contributed by atoms with Crippen LogP contribution >= 0.6 is 11.6 Å². The van der Waals surface area contributed by atoms with Gasteiger partial charge in [-0.25, -0.2) is 4.39 Å². The maximum absolute atomic E-state index is 13.3. The lowest BCUT2D eigenvalue weighted by molar-refractivity contribution is 0.201. The number of benzene rings is 1. The zero-order valence-corrected chi connectivity index (χ0v) is 11.4. The van der Waals surface area contributed by atoms with Crippen LogP contribution in [0, 0.1) is 11.7 Å². The molecule has 102 valence electrons. The van der Waals surface area contributed by atoms with Gasteiger partial charge < -0.3 is 16.2 Å². The zero-order chi connectivity index (χ0) is 13.7. The van der Waals surface area contributed by atoms with Crippen molar-refractivity contribution in [3.05, 3.63) is 34.6 Å². The summed E-state index contributed by atoms with van der Waals surface area (Å²) < 4.78 is 13.3. The molecule has 0 bridgehead atoms. The van der Waals surface area contributed by atoms with Gasteiger partial charge in [0.2, 0.25) is 0 Å². The Kier molecular flexibility index (Phi) is 6.02. The third-order valence-electron chi connectivity index (χ3n) is 3.13. The van der Waals surface area contributed by atoms with Crippen LogP contribution in [0.25, 0.3) is 0 Å². The molecule has 5 heteroatoms. The average molecular weight is 275 g/mol. The normalized spacial score (nSPS) is 16.3. The van der Waals surface area contributed by atoms with Crippen LogP contribution in [0.1, 0.15) is 25.5 Å². The van der Waals surface area contributed by atoms with E-state index >= 15 is 0 Å². The quantitative estimate of drug-likeness (QED) is 0.744. The van der Waals surface area contributed by atoms with Gasteiger partial charge in [0.15, 0.2) is 0 Å². The SMILES string of the molecule is CC(CO)C(C)NC(CN)c1cc(F)cc(Cl)c1. The van der Waals surface area contributed by atoms with E-state index in [1.165, 1.54) is 12.1 Å². The van der Waals surface area contributed by atoms with E-state index in [1.807, 2.05) is 13.8 Å². The molecule has 3 nitrogen and oxygen atoms in total. The fraction of sp³-hybridized carbons (Fsp3) is 0.538. The van der Waals surface area contributed by atoms with Crippen molar-refractivity contribution in [1.82, 2.24) is 5.32 Å². The fourth-order valence-electron chi connectivity index (χ4n) is 1.72. The molecular formula is C13H20ClFN2O. The van der Waals surface area contributed by atoms with Crippen molar-refractivity contribution in [2.24, 2.45) is 11.7 Å². The minimum Gasteiger partial charge on any atom is -0.396 e. The first-order chi connectivity index (χ1) is 8.47. The first-order valence-corrected chi connectivity index (χ1v) is 6.38. The first kappa shape index (κ1) is 15.4. The molecule has 0 heterocycles. The van der Waals surface area contributed by atoms with E-state index in [1.54, 1.807) is 6.07 Å². The van der Waals surface area contributed by atoms with Crippen molar-refractivity contribution in [3.8, 4) is 0 Å². The molecular weight excluding hydrogens is 255 g/mol. The summed E-state index contributed by atoms with van der Waals surface area (Å²) in [5, 5.41) is 12.7. The molecule has 0 spiro atoms. The number of hydrogen-bond acceptors (Lipinski definition) is 3. The summed E-state index contributed by atoms with van der Waals surface area (Å²) in [6, 6.07) is 4.28. The molecule has 1 aromatic carbocycles. The third kappa shape index (κ3) is 4.21. The van der Waals surface area contributed by atoms with Crippen molar-refractivity contribution in [2.45, 2.75) is 25.9 Å². The van der Waals surface area contributed by atoms with Gasteiger partial charge in [0.05, 0.1) is 0 Å². The monoisotopic (exact) mass is 274 g/mol. The zero-order valence-electron chi connectivity index (χ0n) is 10.7. The molecule has 0 radical (unpaired) electrons. The van der Waals surface area contributed by atoms with E-state index in [2.05, 4.69) is 5.32 Å². The van der Waals surface area contributed by atoms with Gasteiger partial charge in [-0.3, -0.25) is 0 Å². The highest BCUT2D eigenvalue weighted by Gasteiger charge is 2.17. The van der Waals surface area contributed by atoms with Gasteiger partial charge in [0, 0.05) is 30.3 Å². The molecule has 0 saturated heterocycles. The molecule has 0 amide bonds. The Morgan fingerprint density at radius 2 is 2.06 bits per heavy atom. The van der Waals surface area contributed by atoms with Crippen LogP contribution in [0.4, 0.5) is 4.39 Å². The van der Waals surface area contributed by atoms with Crippen molar-refractivity contribution in [3.63, 3.8) is 0 Å². The van der Waals surface area contributed by atoms with Gasteiger partial charge in [-0.15, -0.1) is 0 Å². The van der Waals surface area contributed by atoms with Gasteiger partial charge in [-0.2, -0.15) is 0 Å². The van der Waals surface area contributed by atoms with Crippen LogP contribution in [0.3, 0.4) is 0 Å². The third-order valence-corrected chi connectivity index (χ3v) is 3.35. The standard InChI is InChI=1S/C13H20ClFN2O/c1-8(7-18)9(2)17-13(6-16)10-3-11(14)5-12(15)4-10/h3-5,8-9,13,17-18H,6-7,16H2,1-2H3. The maximum Gasteiger partial charge on any atom is 0.125 e. The van der Waals surface area contributed by atoms with E-state index in [9.17, 15) is 4.39 Å². The van der Waals surface area contributed by atoms with Crippen molar-refractivity contribution in [2.75, 3.05) is 13.2 Å². The maximum atomic E-state index is 13.3. The van der Waals surface area contributed by atoms with E-state index in [4.69, 9.17) is 22.4 Å². The van der Waals surface area contributed by atoms with E-state index in [0.717, 1.165) is 5.56 Å². The van der Waals surface area contributed by atoms with Crippen LogP contribution in [0.15, 0.2) is 18.2 Å². The molecule has 0 fully saturated rings. The van der Waals surface area contributed by atoms with Crippen LogP contribution in [-0.2, 0) is 0 Å². The molecule has 0 aromatic heterocycles. The van der Waals surface area contributed by atoms with Gasteiger partial charge in [0.25, 0.3) is 0 Å². The minimum atomic E-state index is -0.374. The highest BCUT2D eigenvalue weighted by molar-refractivity contribution is 6.30. The number of aliphatic hydroxyl groups excluding tert-OH is 1. The Bertz CT molecular complexity index is 369. The van der Waals surface area contributed by atoms with Crippen LogP contribution in [0.5, 0.6) is 0 Å². The molecule has 0 aliphatic rings. The van der Waals surface area contributed by atoms with Crippen LogP contribution in [0.2, 0.25) is 5.02 Å². The Labute approximate surface area is 112 Å². The van der Waals surface area contributed by atoms with Crippen molar-refractivity contribution < 1.29 is 9.50 Å². The van der Waals surface area contributed by atoms with E-state index < -0.39 is 0 Å². The average Bonchev–Trinajstić information content (AvgIpc) is 2.33. The summed E-state index contributed by atoms with van der Waals surface area (Å²) in [7, 11) is 0. The van der Waals surface area contributed by atoms with Gasteiger partial charge in [-0.05, 0) is 36.6 Å². The molecule has 0 aliphatic carbocycles. The van der Waals surface area contributed by atoms with Crippen LogP contribution in [-0.4, -0.2) is 24.3 Å². The molecule has 1 aromatic rings. The largest absolute Gasteiger partial charge is 0.396 e. The van der Waals surface area contributed by atoms with Crippen molar-refractivity contribution >= 4 is 11.6 Å². The smallest absolute Gasteiger partial charge is 0.125 e. The van der Waals surface area contributed by atoms with E-state index in [-0.39, 0.29) is 30.4 Å². The second-order valence-corrected chi connectivity index (χ2v) is 5.04. The Morgan fingerprint density at radius 1 is 1.39 bits per heavy atom. The molecule has 18 heavy (non-hydrogen) atoms. The topological polar surface area (TPSA) is 58.3 Å². The highest BCUT2D eigenvalue weighted by Crippen LogP contribution is 2.20. The number of halogens is 2. The predicted octanol–water partition coefficient (Wildman–Crippen LogP) is 2.09. The lowest BCUT2D eigenvalue weighted by Crippen LogP contribution is -2.39.